The Morgan fingerprint density at radius 2 is 0.908 bits per heavy atom. The van der Waals surface area contributed by atoms with Crippen molar-refractivity contribution in [2.24, 2.45) is 51.9 Å². The predicted octanol–water partition coefficient (Wildman–Crippen LogP) is 22.1. The molecule has 0 radical (unpaired) electrons. The first-order valence-electron chi connectivity index (χ1n) is 38.8. The second-order valence-electron chi connectivity index (χ2n) is 23.6. The van der Waals surface area contributed by atoms with Crippen molar-refractivity contribution in [2.75, 3.05) is 7.05 Å². The van der Waals surface area contributed by atoms with Crippen LogP contribution in [0.2, 0.25) is 30.5 Å². The maximum atomic E-state index is 4.60. The van der Waals surface area contributed by atoms with E-state index in [1.54, 1.807) is 23.5 Å². The van der Waals surface area contributed by atoms with Crippen LogP contribution in [0.5, 0.6) is 0 Å². The molecule has 15 rings (SSSR count). The Morgan fingerprint density at radius 3 is 1.42 bits per heavy atom. The largest absolute Gasteiger partial charge is 0.227 e. The summed E-state index contributed by atoms with van der Waals surface area (Å²) in [5.74, 6) is 11.9. The number of nitrogens with zero attached hydrogens (tertiary/aromatic N) is 5. The number of aromatic nitrogens is 4. The number of benzene rings is 1. The van der Waals surface area contributed by atoms with Crippen LogP contribution >= 0.6 is 0 Å². The van der Waals surface area contributed by atoms with E-state index in [0.29, 0.717) is 0 Å². The number of aryl methyl sites for hydroxylation is 5. The van der Waals surface area contributed by atoms with Gasteiger partial charge in [0.05, 0.1) is 0 Å². The minimum absolute atomic E-state index is 0.779. The van der Waals surface area contributed by atoms with Crippen molar-refractivity contribution in [1.29, 1.82) is 0 Å². The normalized spacial score (nSPS) is 19.1. The third-order valence-corrected chi connectivity index (χ3v) is 17.7. The molecule has 4 aromatic heterocycles. The lowest BCUT2D eigenvalue weighted by Crippen LogP contribution is -2.33. The maximum absolute atomic E-state index is 4.60. The van der Waals surface area contributed by atoms with Gasteiger partial charge in [-0.25, -0.2) is 22.8 Å². The van der Waals surface area contributed by atoms with Crippen LogP contribution in [0, 0.1) is 42.9 Å². The predicted molar refractivity (Wildman–Crippen MR) is 444 cm³/mol. The molecular weight excluding hydrogens is 1180 g/mol. The van der Waals surface area contributed by atoms with E-state index < -0.39 is 0 Å². The van der Waals surface area contributed by atoms with Gasteiger partial charge < -0.3 is 0 Å². The fourth-order valence-corrected chi connectivity index (χ4v) is 12.9. The summed E-state index contributed by atoms with van der Waals surface area (Å²) in [6, 6.07) is 34.4. The molecule has 0 bridgehead atoms. The van der Waals surface area contributed by atoms with Gasteiger partial charge in [0, 0.05) is 70.8 Å². The smallest absolute Gasteiger partial charge is 0.216 e. The Morgan fingerprint density at radius 1 is 0.459 bits per heavy atom. The monoisotopic (exact) mass is 1320 g/mol. The Kier molecular flexibility index (Phi) is 46.7. The molecule has 6 unspecified atom stereocenters. The van der Waals surface area contributed by atoms with E-state index in [4.69, 9.17) is 0 Å². The molecule has 5 nitrogen and oxygen atoms in total. The molecule has 6 atom stereocenters. The van der Waals surface area contributed by atoms with Gasteiger partial charge in [-0.15, -0.1) is 18.3 Å². The van der Waals surface area contributed by atoms with E-state index in [-0.39, 0.29) is 0 Å². The summed E-state index contributed by atoms with van der Waals surface area (Å²) in [6.45, 7) is 56.0. The highest BCUT2D eigenvalue weighted by Crippen LogP contribution is 2.54. The van der Waals surface area contributed by atoms with E-state index in [0.717, 1.165) is 61.9 Å². The van der Waals surface area contributed by atoms with Gasteiger partial charge in [0.15, 0.2) is 50.1 Å². The van der Waals surface area contributed by atoms with Crippen LogP contribution < -0.4 is 18.3 Å². The van der Waals surface area contributed by atoms with Gasteiger partial charge in [-0.2, -0.15) is 0 Å². The molecule has 10 heterocycles. The highest BCUT2D eigenvalue weighted by molar-refractivity contribution is 7.53. The van der Waals surface area contributed by atoms with Crippen LogP contribution in [0.25, 0.3) is 22.2 Å². The number of allylic oxidation sites excluding steroid dienone is 14. The molecule has 98 heavy (non-hydrogen) atoms. The van der Waals surface area contributed by atoms with Crippen molar-refractivity contribution < 1.29 is 22.8 Å². The number of pyridine rings is 4. The minimum Gasteiger partial charge on any atom is -0.216 e. The molecule has 0 N–H and O–H groups in total. The first kappa shape index (κ1) is 91.0. The summed E-state index contributed by atoms with van der Waals surface area (Å²) in [4.78, 5) is 0. The number of fused-ring (bicyclic) bond motifs is 5. The van der Waals surface area contributed by atoms with Crippen molar-refractivity contribution in [2.45, 2.75) is 223 Å². The average Bonchev–Trinajstić information content (AvgIpc) is 1.64. The molecule has 0 spiro atoms. The van der Waals surface area contributed by atoms with Crippen LogP contribution in [-0.2, 0) is 28.2 Å². The van der Waals surface area contributed by atoms with Crippen molar-refractivity contribution in [3.63, 3.8) is 0 Å². The minimum atomic E-state index is 0.779. The molecule has 5 fully saturated rings. The van der Waals surface area contributed by atoms with Crippen LogP contribution in [0.4, 0.5) is 0 Å². The quantitative estimate of drug-likeness (QED) is 0.0949. The molecule has 0 amide bonds. The fourth-order valence-electron chi connectivity index (χ4n) is 12.9. The lowest BCUT2D eigenvalue weighted by atomic mass is 9.35. The number of terminal acetylenes is 1. The zero-order valence-electron chi connectivity index (χ0n) is 68.4. The van der Waals surface area contributed by atoms with E-state index in [2.05, 4.69) is 288 Å². The van der Waals surface area contributed by atoms with Crippen molar-refractivity contribution in [3.05, 3.63) is 239 Å². The molecule has 3 saturated heterocycles. The highest BCUT2D eigenvalue weighted by atomic mass is 15.0. The molecule has 1 aromatic carbocycles. The van der Waals surface area contributed by atoms with E-state index in [1.165, 1.54) is 99.1 Å². The van der Waals surface area contributed by atoms with Gasteiger partial charge in [0.2, 0.25) is 23.7 Å². The first-order valence-corrected chi connectivity index (χ1v) is 38.8. The summed E-state index contributed by atoms with van der Waals surface area (Å²) >= 11 is 0. The van der Waals surface area contributed by atoms with Gasteiger partial charge in [-0.3, -0.25) is 0 Å². The number of hydrogen-bond acceptors (Lipinski definition) is 0. The molecule has 6 aliphatic heterocycles. The van der Waals surface area contributed by atoms with Crippen LogP contribution in [0.15, 0.2) is 205 Å². The van der Waals surface area contributed by atoms with Crippen molar-refractivity contribution in [1.82, 2.24) is 0 Å². The molecular formula is C89H140B4N5+5. The Balaban J connectivity index is 0.00000111. The molecule has 10 aliphatic rings. The van der Waals surface area contributed by atoms with Gasteiger partial charge in [0.1, 0.15) is 47.5 Å². The summed E-state index contributed by atoms with van der Waals surface area (Å²) in [5.41, 5.74) is 21.7. The van der Waals surface area contributed by atoms with Gasteiger partial charge >= 0.3 is 0 Å². The lowest BCUT2D eigenvalue weighted by molar-refractivity contribution is -0.674. The number of hydrogen-bond donors (Lipinski definition) is 0. The second-order valence-corrected chi connectivity index (χ2v) is 23.6. The van der Waals surface area contributed by atoms with Crippen molar-refractivity contribution in [3.8, 4) is 12.3 Å². The highest BCUT2D eigenvalue weighted by Gasteiger charge is 2.53. The van der Waals surface area contributed by atoms with Gasteiger partial charge in [-0.05, 0) is 148 Å². The molecule has 2 saturated carbocycles. The maximum Gasteiger partial charge on any atom is 0.227 e. The van der Waals surface area contributed by atoms with Crippen LogP contribution in [0.1, 0.15) is 220 Å². The zero-order chi connectivity index (χ0) is 74.8. The molecule has 4 aliphatic carbocycles. The van der Waals surface area contributed by atoms with Gasteiger partial charge in [-0.1, -0.05) is 230 Å². The average molecular weight is 1320 g/mol. The SMILES string of the molecule is C#CC.CC.CC.CC.CC.CC.CC.CC.CC.CC.CC.CC1=C(c2cccc[n+]2C)B2CC2C=C1.CC1=C(c2cccc[n+]2C)C2CB2C=C1.CC1=C(c2cccc[n+]2C)C2CC2C=C1.CC1=CC2CC2C=C1c1cccc[n+]1C.Cc1ccccc1C1=[N+](C)C=CB2CB21. The molecule has 528 valence electrons. The Labute approximate surface area is 607 Å². The fraction of sp³-hybridized carbons (Fsp3) is 0.472. The second kappa shape index (κ2) is 50.3. The van der Waals surface area contributed by atoms with E-state index in [9.17, 15) is 0 Å². The first-order chi connectivity index (χ1) is 47.8. The van der Waals surface area contributed by atoms with E-state index >= 15 is 0 Å². The zero-order valence-corrected chi connectivity index (χ0v) is 68.4. The summed E-state index contributed by atoms with van der Waals surface area (Å²) in [5, 5.41) is 0. The van der Waals surface area contributed by atoms with E-state index in [1.807, 2.05) is 138 Å². The Bertz CT molecular complexity index is 3150. The van der Waals surface area contributed by atoms with Crippen LogP contribution in [-0.4, -0.2) is 43.9 Å². The summed E-state index contributed by atoms with van der Waals surface area (Å²) in [7, 11) is 10.7. The standard InChI is InChI=1S/2C14H16N.2C13H15BN.C12H14B2N.C3H4.10C2H6/c1-10-6-7-11-9-12(11)14(10)13-5-3-4-8-15(13)2;1-10-7-11-8-12(11)9-13(10)14-5-3-4-6-15(14)2;1-10-6-7-14-9-11(14)13(10)12-5-3-4-8-15(12)2;1-10-6-7-11-9-14(11)13(10)12-5-3-4-8-15(12)2;1-10-5-3-4-6-11(10)12-14-9-13(14)7-8-15(12)2;1-3-2;10*1-2/h3-8,11-12H,9H2,1-2H3;3-7,9,11-12H,8H2,1-2H3;2*3-8,11H,9H2,1-2H3;3-8H,9H2,1-2H3;1H,2H3;10*1-2H3/q5*+1;;;;;;;;;;;. The third kappa shape index (κ3) is 26.2. The Hall–Kier alpha value is -7.03. The summed E-state index contributed by atoms with van der Waals surface area (Å²) < 4.78 is 11.2. The van der Waals surface area contributed by atoms with Gasteiger partial charge in [0.25, 0.3) is 0 Å². The molecule has 9 heteroatoms. The lowest BCUT2D eigenvalue weighted by Gasteiger charge is -2.10. The van der Waals surface area contributed by atoms with Crippen molar-refractivity contribution >= 4 is 54.4 Å². The topological polar surface area (TPSA) is 18.5 Å². The van der Waals surface area contributed by atoms with Crippen LogP contribution in [0.3, 0.4) is 0 Å². The third-order valence-electron chi connectivity index (χ3n) is 17.7. The summed E-state index contributed by atoms with van der Waals surface area (Å²) in [6.07, 6.45) is 38.5. The number of rotatable bonds is 5. The molecule has 5 aromatic rings.